The Morgan fingerprint density at radius 3 is 2.65 bits per heavy atom. The number of imidazole rings is 1. The molecule has 5 N–H and O–H groups in total. The van der Waals surface area contributed by atoms with Gasteiger partial charge >= 0.3 is 13.7 Å². The molecule has 16 heteroatoms. The van der Waals surface area contributed by atoms with Gasteiger partial charge in [-0.3, -0.25) is 13.9 Å². The zero-order valence-electron chi connectivity index (χ0n) is 22.6. The van der Waals surface area contributed by atoms with E-state index in [0.717, 1.165) is 6.92 Å². The predicted molar refractivity (Wildman–Crippen MR) is 143 cm³/mol. The highest BCUT2D eigenvalue weighted by Crippen LogP contribution is 2.48. The summed E-state index contributed by atoms with van der Waals surface area (Å²) in [5.74, 6) is -0.243. The van der Waals surface area contributed by atoms with Crippen LogP contribution in [0.3, 0.4) is 0 Å². The summed E-state index contributed by atoms with van der Waals surface area (Å²) in [5, 5.41) is 16.2. The van der Waals surface area contributed by atoms with Crippen molar-refractivity contribution in [2.24, 2.45) is 0 Å². The highest BCUT2D eigenvalue weighted by atomic mass is 31.2. The summed E-state index contributed by atoms with van der Waals surface area (Å²) in [6.45, 7) is 5.37. The quantitative estimate of drug-likeness (QED) is 0.191. The van der Waals surface area contributed by atoms with Gasteiger partial charge < -0.3 is 30.2 Å². The molecule has 6 atom stereocenters. The molecule has 4 rings (SSSR count). The van der Waals surface area contributed by atoms with Crippen molar-refractivity contribution in [3.05, 3.63) is 36.7 Å². The fraction of sp³-hybridized carbons (Fsp3) is 0.500. The van der Waals surface area contributed by atoms with Gasteiger partial charge in [0, 0.05) is 7.05 Å². The first-order valence-corrected chi connectivity index (χ1v) is 14.1. The maximum atomic E-state index is 16.0. The van der Waals surface area contributed by atoms with Gasteiger partial charge in [-0.05, 0) is 39.8 Å². The third kappa shape index (κ3) is 6.18. The SMILES string of the molecule is CNc1nc(N)nc2c1ncn2[C@@H]1O[C@H](CO[P@@](=O)(N[C@@H](C)C(=O)OC(C)C)Oc2ccccc2)C(O)[C@@]1(C)F. The largest absolute Gasteiger partial charge is 0.462 e. The Labute approximate surface area is 230 Å². The number of rotatable bonds is 11. The van der Waals surface area contributed by atoms with Crippen molar-refractivity contribution in [3.63, 3.8) is 0 Å². The van der Waals surface area contributed by atoms with Crippen LogP contribution in [0.25, 0.3) is 11.2 Å². The monoisotopic (exact) mass is 581 g/mol. The van der Waals surface area contributed by atoms with Crippen LogP contribution in [-0.4, -0.2) is 74.3 Å². The fourth-order valence-corrected chi connectivity index (χ4v) is 5.64. The number of ether oxygens (including phenoxy) is 2. The minimum Gasteiger partial charge on any atom is -0.462 e. The van der Waals surface area contributed by atoms with E-state index in [0.29, 0.717) is 11.3 Å². The molecule has 0 bridgehead atoms. The minimum atomic E-state index is -4.28. The molecule has 14 nitrogen and oxygen atoms in total. The van der Waals surface area contributed by atoms with Crippen molar-refractivity contribution < 1.29 is 37.4 Å². The number of benzene rings is 1. The van der Waals surface area contributed by atoms with E-state index in [1.807, 2.05) is 0 Å². The van der Waals surface area contributed by atoms with Crippen molar-refractivity contribution in [1.29, 1.82) is 0 Å². The molecule has 1 aromatic carbocycles. The van der Waals surface area contributed by atoms with E-state index in [1.165, 1.54) is 17.8 Å². The molecule has 40 heavy (non-hydrogen) atoms. The van der Waals surface area contributed by atoms with Gasteiger partial charge in [0.2, 0.25) is 5.95 Å². The Morgan fingerprint density at radius 1 is 1.30 bits per heavy atom. The molecule has 0 aliphatic carbocycles. The zero-order chi connectivity index (χ0) is 29.2. The molecular weight excluding hydrogens is 548 g/mol. The van der Waals surface area contributed by atoms with E-state index in [9.17, 15) is 14.5 Å². The lowest BCUT2D eigenvalue weighted by molar-refractivity contribution is -0.149. The molecule has 3 aromatic rings. The number of aliphatic hydroxyl groups excluding tert-OH is 1. The third-order valence-electron chi connectivity index (χ3n) is 6.08. The number of nitrogens with zero attached hydrogens (tertiary/aromatic N) is 4. The lowest BCUT2D eigenvalue weighted by Crippen LogP contribution is -2.41. The topological polar surface area (TPSA) is 185 Å². The second kappa shape index (κ2) is 11.6. The molecule has 0 saturated carbocycles. The molecule has 1 aliphatic rings. The molecule has 3 heterocycles. The molecule has 1 aliphatic heterocycles. The second-order valence-electron chi connectivity index (χ2n) is 9.66. The third-order valence-corrected chi connectivity index (χ3v) is 7.72. The number of nitrogens with two attached hydrogens (primary N) is 1. The first-order chi connectivity index (χ1) is 18.8. The van der Waals surface area contributed by atoms with Gasteiger partial charge in [-0.2, -0.15) is 15.1 Å². The molecule has 218 valence electrons. The van der Waals surface area contributed by atoms with E-state index < -0.39 is 56.6 Å². The fourth-order valence-electron chi connectivity index (χ4n) is 4.14. The summed E-state index contributed by atoms with van der Waals surface area (Å²) in [6, 6.07) is 7.05. The number of anilines is 2. The molecule has 0 amide bonds. The van der Waals surface area contributed by atoms with Crippen molar-refractivity contribution in [1.82, 2.24) is 24.6 Å². The summed E-state index contributed by atoms with van der Waals surface area (Å²) < 4.78 is 53.2. The summed E-state index contributed by atoms with van der Waals surface area (Å²) in [4.78, 5) is 24.8. The van der Waals surface area contributed by atoms with Gasteiger partial charge in [-0.1, -0.05) is 18.2 Å². The van der Waals surface area contributed by atoms with Crippen LogP contribution in [0.4, 0.5) is 16.2 Å². The molecular formula is C24H33FN7O7P. The van der Waals surface area contributed by atoms with E-state index in [2.05, 4.69) is 25.4 Å². The van der Waals surface area contributed by atoms with Gasteiger partial charge in [0.15, 0.2) is 28.9 Å². The average Bonchev–Trinajstić information content (AvgIpc) is 3.40. The van der Waals surface area contributed by atoms with Crippen LogP contribution < -0.4 is 20.7 Å². The number of esters is 1. The highest BCUT2D eigenvalue weighted by molar-refractivity contribution is 7.52. The number of fused-ring (bicyclic) bond motifs is 1. The van der Waals surface area contributed by atoms with Crippen LogP contribution in [0.5, 0.6) is 5.75 Å². The number of nitrogens with one attached hydrogen (secondary N) is 2. The standard InChI is InChI=1S/C24H33FN7O7P/c1-13(2)37-21(34)14(3)31-40(35,39-15-9-7-6-8-10-15)36-11-16-18(33)24(4,25)22(38-16)32-12-28-17-19(27-5)29-23(26)30-20(17)32/h6-10,12-14,16,18,22,33H,11H2,1-5H3,(H,31,35)(H3,26,27,29,30)/t14-,16+,18?,22+,24+,40-/m0/s1. The van der Waals surface area contributed by atoms with E-state index in [4.69, 9.17) is 24.3 Å². The van der Waals surface area contributed by atoms with E-state index in [1.54, 1.807) is 51.2 Å². The van der Waals surface area contributed by atoms with Crippen LogP contribution in [-0.2, 0) is 23.4 Å². The summed E-state index contributed by atoms with van der Waals surface area (Å²) in [5.41, 5.74) is 3.94. The molecule has 1 unspecified atom stereocenters. The summed E-state index contributed by atoms with van der Waals surface area (Å²) in [7, 11) is -2.66. The first kappa shape index (κ1) is 29.6. The number of aromatic nitrogens is 4. The van der Waals surface area contributed by atoms with Gasteiger partial charge in [-0.25, -0.2) is 13.9 Å². The number of hydrogen-bond acceptors (Lipinski definition) is 12. The van der Waals surface area contributed by atoms with Crippen molar-refractivity contribution >= 4 is 36.6 Å². The van der Waals surface area contributed by atoms with Crippen LogP contribution >= 0.6 is 7.75 Å². The number of halogens is 1. The molecule has 0 spiro atoms. The van der Waals surface area contributed by atoms with Gasteiger partial charge in [0.25, 0.3) is 0 Å². The van der Waals surface area contributed by atoms with E-state index >= 15 is 4.39 Å². The van der Waals surface area contributed by atoms with Gasteiger partial charge in [0.05, 0.1) is 19.0 Å². The number of alkyl halides is 1. The molecule has 1 saturated heterocycles. The lowest BCUT2D eigenvalue weighted by atomic mass is 9.98. The van der Waals surface area contributed by atoms with Crippen LogP contribution in [0.15, 0.2) is 36.7 Å². The maximum Gasteiger partial charge on any atom is 0.459 e. The normalized spacial score (nSPS) is 25.1. The smallest absolute Gasteiger partial charge is 0.459 e. The number of carbonyl (C=O) groups is 1. The van der Waals surface area contributed by atoms with Crippen molar-refractivity contribution in [2.45, 2.75) is 63.9 Å². The van der Waals surface area contributed by atoms with Crippen LogP contribution in [0.1, 0.15) is 33.9 Å². The summed E-state index contributed by atoms with van der Waals surface area (Å²) in [6.07, 6.45) is -3.52. The first-order valence-electron chi connectivity index (χ1n) is 12.5. The van der Waals surface area contributed by atoms with Crippen molar-refractivity contribution in [2.75, 3.05) is 24.7 Å². The predicted octanol–water partition coefficient (Wildman–Crippen LogP) is 2.57. The molecule has 1 fully saturated rings. The Balaban J connectivity index is 1.56. The number of nitrogen functional groups attached to an aromatic ring is 1. The van der Waals surface area contributed by atoms with Crippen LogP contribution in [0.2, 0.25) is 0 Å². The minimum absolute atomic E-state index is 0.0761. The number of aliphatic hydroxyl groups is 1. The maximum absolute atomic E-state index is 16.0. The average molecular weight is 582 g/mol. The number of carbonyl (C=O) groups excluding carboxylic acids is 1. The van der Waals surface area contributed by atoms with Crippen LogP contribution in [0, 0.1) is 0 Å². The Morgan fingerprint density at radius 2 is 2.00 bits per heavy atom. The molecule has 2 aromatic heterocycles. The van der Waals surface area contributed by atoms with Gasteiger partial charge in [0.1, 0.15) is 24.0 Å². The Bertz CT molecular complexity index is 1390. The van der Waals surface area contributed by atoms with Crippen molar-refractivity contribution in [3.8, 4) is 5.75 Å². The highest BCUT2D eigenvalue weighted by Gasteiger charge is 2.56. The Kier molecular flexibility index (Phi) is 8.61. The lowest BCUT2D eigenvalue weighted by Gasteiger charge is -2.25. The summed E-state index contributed by atoms with van der Waals surface area (Å²) >= 11 is 0. The van der Waals surface area contributed by atoms with E-state index in [-0.39, 0.29) is 17.3 Å². The Hall–Kier alpha value is -3.36. The number of hydrogen-bond donors (Lipinski definition) is 4. The zero-order valence-corrected chi connectivity index (χ0v) is 23.5. The molecule has 0 radical (unpaired) electrons. The second-order valence-corrected chi connectivity index (χ2v) is 11.4. The van der Waals surface area contributed by atoms with Gasteiger partial charge in [-0.15, -0.1) is 0 Å². The number of para-hydroxylation sites is 1.